The van der Waals surface area contributed by atoms with Gasteiger partial charge in [-0.15, -0.1) is 0 Å². The molecular formula is C24H23N3O5. The van der Waals surface area contributed by atoms with E-state index in [1.165, 1.54) is 38.3 Å². The van der Waals surface area contributed by atoms with E-state index < -0.39 is 18.0 Å². The van der Waals surface area contributed by atoms with Gasteiger partial charge in [-0.25, -0.2) is 9.59 Å². The molecule has 0 aliphatic carbocycles. The summed E-state index contributed by atoms with van der Waals surface area (Å²) >= 11 is 0. The summed E-state index contributed by atoms with van der Waals surface area (Å²) < 4.78 is 11.8. The zero-order chi connectivity index (χ0) is 23.0. The Labute approximate surface area is 184 Å². The minimum absolute atomic E-state index is 0.0927. The highest BCUT2D eigenvalue weighted by atomic mass is 16.5. The van der Waals surface area contributed by atoms with Crippen molar-refractivity contribution in [2.45, 2.75) is 19.4 Å². The van der Waals surface area contributed by atoms with Crippen molar-refractivity contribution in [1.82, 2.24) is 14.5 Å². The van der Waals surface area contributed by atoms with Gasteiger partial charge in [-0.1, -0.05) is 18.2 Å². The average Bonchev–Trinajstić information content (AvgIpc) is 3.11. The zero-order valence-electron chi connectivity index (χ0n) is 18.3. The number of carbonyl (C=O) groups is 3. The minimum atomic E-state index is -0.690. The highest BCUT2D eigenvalue weighted by molar-refractivity contribution is 6.08. The number of ether oxygens (including phenoxy) is 2. The first-order valence-corrected chi connectivity index (χ1v) is 10.1. The van der Waals surface area contributed by atoms with Gasteiger partial charge < -0.3 is 18.9 Å². The van der Waals surface area contributed by atoms with E-state index in [0.29, 0.717) is 0 Å². The summed E-state index contributed by atoms with van der Waals surface area (Å²) in [5.74, 6) is -1.60. The normalized spacial score (nSPS) is 16.0. The maximum atomic E-state index is 12.6. The van der Waals surface area contributed by atoms with E-state index in [-0.39, 0.29) is 23.5 Å². The van der Waals surface area contributed by atoms with Gasteiger partial charge in [0.1, 0.15) is 0 Å². The van der Waals surface area contributed by atoms with Gasteiger partial charge in [-0.3, -0.25) is 9.78 Å². The molecule has 0 radical (unpaired) electrons. The minimum Gasteiger partial charge on any atom is -0.466 e. The average molecular weight is 433 g/mol. The van der Waals surface area contributed by atoms with E-state index in [2.05, 4.69) is 15.6 Å². The van der Waals surface area contributed by atoms with Crippen LogP contribution in [-0.2, 0) is 37.3 Å². The van der Waals surface area contributed by atoms with Gasteiger partial charge in [0, 0.05) is 49.1 Å². The summed E-state index contributed by atoms with van der Waals surface area (Å²) in [6, 6.07) is 9.31. The third-order valence-electron chi connectivity index (χ3n) is 5.77. The molecular weight excluding hydrogens is 410 g/mol. The quantitative estimate of drug-likeness (QED) is 0.588. The predicted octanol–water partition coefficient (Wildman–Crippen LogP) is 2.66. The summed E-state index contributed by atoms with van der Waals surface area (Å²) in [6.07, 6.45) is 4.81. The summed E-state index contributed by atoms with van der Waals surface area (Å²) in [5.41, 5.74) is 2.98. The molecule has 0 spiro atoms. The van der Waals surface area contributed by atoms with Crippen molar-refractivity contribution in [3.05, 3.63) is 65.6 Å². The Morgan fingerprint density at radius 2 is 1.75 bits per heavy atom. The van der Waals surface area contributed by atoms with Crippen molar-refractivity contribution >= 4 is 39.7 Å². The first-order valence-electron chi connectivity index (χ1n) is 10.1. The molecule has 8 nitrogen and oxygen atoms in total. The van der Waals surface area contributed by atoms with E-state index in [0.717, 1.165) is 27.5 Å². The van der Waals surface area contributed by atoms with Crippen molar-refractivity contribution in [2.24, 2.45) is 7.05 Å². The molecule has 8 heteroatoms. The SMILES string of the molecule is COC(=O)C1=CN(C(C)=O)C(Cc2nccc3c4ccccc4n(C)c23)C(C(=O)OC)=C1. The van der Waals surface area contributed by atoms with E-state index >= 15 is 0 Å². The summed E-state index contributed by atoms with van der Waals surface area (Å²) in [4.78, 5) is 43.2. The molecule has 1 amide bonds. The lowest BCUT2D eigenvalue weighted by Gasteiger charge is -2.32. The third-order valence-corrected chi connectivity index (χ3v) is 5.77. The molecule has 1 unspecified atom stereocenters. The molecule has 0 saturated carbocycles. The summed E-state index contributed by atoms with van der Waals surface area (Å²) in [7, 11) is 4.47. The number of rotatable bonds is 4. The number of benzene rings is 1. The fraction of sp³-hybridized carbons (Fsp3) is 0.250. The van der Waals surface area contributed by atoms with E-state index in [4.69, 9.17) is 9.47 Å². The van der Waals surface area contributed by atoms with Crippen LogP contribution in [0.15, 0.2) is 60.0 Å². The lowest BCUT2D eigenvalue weighted by Crippen LogP contribution is -2.43. The van der Waals surface area contributed by atoms with Crippen LogP contribution in [0.4, 0.5) is 0 Å². The van der Waals surface area contributed by atoms with Crippen LogP contribution >= 0.6 is 0 Å². The van der Waals surface area contributed by atoms with Crippen LogP contribution in [0.1, 0.15) is 12.6 Å². The largest absolute Gasteiger partial charge is 0.466 e. The second-order valence-corrected chi connectivity index (χ2v) is 7.54. The van der Waals surface area contributed by atoms with Gasteiger partial charge in [0.05, 0.1) is 42.6 Å². The number of nitrogens with zero attached hydrogens (tertiary/aromatic N) is 3. The Bertz CT molecular complexity index is 1320. The Morgan fingerprint density at radius 3 is 2.44 bits per heavy atom. The number of amides is 1. The number of esters is 2. The van der Waals surface area contributed by atoms with E-state index in [1.54, 1.807) is 6.20 Å². The van der Waals surface area contributed by atoms with Crippen LogP contribution in [0.3, 0.4) is 0 Å². The Hall–Kier alpha value is -3.94. The number of methoxy groups -OCH3 is 2. The lowest BCUT2D eigenvalue weighted by atomic mass is 9.94. The number of aromatic nitrogens is 2. The number of hydrogen-bond donors (Lipinski definition) is 0. The highest BCUT2D eigenvalue weighted by Gasteiger charge is 2.35. The maximum absolute atomic E-state index is 12.6. The molecule has 0 saturated heterocycles. The van der Waals surface area contributed by atoms with Crippen LogP contribution in [0.5, 0.6) is 0 Å². The molecule has 0 bridgehead atoms. The molecule has 1 aliphatic rings. The topological polar surface area (TPSA) is 90.7 Å². The number of hydrogen-bond acceptors (Lipinski definition) is 6. The second kappa shape index (κ2) is 8.30. The molecule has 1 aromatic carbocycles. The first-order chi connectivity index (χ1) is 15.4. The fourth-order valence-corrected chi connectivity index (χ4v) is 4.29. The maximum Gasteiger partial charge on any atom is 0.339 e. The molecule has 1 atom stereocenters. The van der Waals surface area contributed by atoms with Gasteiger partial charge in [0.25, 0.3) is 0 Å². The van der Waals surface area contributed by atoms with Crippen molar-refractivity contribution in [3.8, 4) is 0 Å². The Balaban J connectivity index is 1.87. The molecule has 164 valence electrons. The van der Waals surface area contributed by atoms with Gasteiger partial charge in [-0.05, 0) is 18.2 Å². The summed E-state index contributed by atoms with van der Waals surface area (Å²) in [5, 5.41) is 2.13. The van der Waals surface area contributed by atoms with Gasteiger partial charge >= 0.3 is 11.9 Å². The fourth-order valence-electron chi connectivity index (χ4n) is 4.29. The van der Waals surface area contributed by atoms with Crippen molar-refractivity contribution < 1.29 is 23.9 Å². The molecule has 0 fully saturated rings. The number of aryl methyl sites for hydroxylation is 1. The number of carbonyl (C=O) groups excluding carboxylic acids is 3. The molecule has 3 aromatic rings. The van der Waals surface area contributed by atoms with Crippen molar-refractivity contribution in [1.29, 1.82) is 0 Å². The first kappa shape index (κ1) is 21.3. The molecule has 32 heavy (non-hydrogen) atoms. The van der Waals surface area contributed by atoms with Crippen molar-refractivity contribution in [2.75, 3.05) is 14.2 Å². The van der Waals surface area contributed by atoms with Gasteiger partial charge in [0.15, 0.2) is 0 Å². The smallest absolute Gasteiger partial charge is 0.339 e. The molecule has 4 rings (SSSR count). The molecule has 1 aliphatic heterocycles. The van der Waals surface area contributed by atoms with Crippen LogP contribution < -0.4 is 0 Å². The van der Waals surface area contributed by atoms with Crippen molar-refractivity contribution in [3.63, 3.8) is 0 Å². The van der Waals surface area contributed by atoms with E-state index in [1.807, 2.05) is 31.3 Å². The van der Waals surface area contributed by atoms with E-state index in [9.17, 15) is 14.4 Å². The third kappa shape index (κ3) is 3.43. The Kier molecular flexibility index (Phi) is 5.52. The zero-order valence-corrected chi connectivity index (χ0v) is 18.3. The molecule has 0 N–H and O–H groups in total. The number of para-hydroxylation sites is 1. The van der Waals surface area contributed by atoms with Gasteiger partial charge in [-0.2, -0.15) is 0 Å². The lowest BCUT2D eigenvalue weighted by molar-refractivity contribution is -0.137. The monoisotopic (exact) mass is 433 g/mol. The van der Waals surface area contributed by atoms with Gasteiger partial charge in [0.2, 0.25) is 5.91 Å². The number of fused-ring (bicyclic) bond motifs is 3. The van der Waals surface area contributed by atoms with Crippen LogP contribution in [-0.4, -0.2) is 52.6 Å². The Morgan fingerprint density at radius 1 is 1.03 bits per heavy atom. The van der Waals surface area contributed by atoms with Crippen LogP contribution in [0, 0.1) is 0 Å². The number of pyridine rings is 1. The highest BCUT2D eigenvalue weighted by Crippen LogP contribution is 2.32. The van der Waals surface area contributed by atoms with Crippen LogP contribution in [0.25, 0.3) is 21.8 Å². The molecule has 3 heterocycles. The van der Waals surface area contributed by atoms with Crippen LogP contribution in [0.2, 0.25) is 0 Å². The molecule has 2 aromatic heterocycles. The second-order valence-electron chi connectivity index (χ2n) is 7.54. The standard InChI is InChI=1S/C24H23N3O5/c1-14(28)27-13-15(23(29)31-3)11-18(24(30)32-4)21(27)12-19-22-17(9-10-25-19)16-7-5-6-8-20(16)26(22)2/h5-11,13,21H,12H2,1-4H3. The predicted molar refractivity (Wildman–Crippen MR) is 118 cm³/mol. The summed E-state index contributed by atoms with van der Waals surface area (Å²) in [6.45, 7) is 1.38.